The number of hydrogen-bond donors (Lipinski definition) is 1. The fraction of sp³-hybridized carbons (Fsp3) is 0.500. The molecular formula is C16H22N2O2. The minimum absolute atomic E-state index is 0.0190. The van der Waals surface area contributed by atoms with Crippen molar-refractivity contribution in [2.24, 2.45) is 5.92 Å². The van der Waals surface area contributed by atoms with Gasteiger partial charge in [-0.1, -0.05) is 32.0 Å². The van der Waals surface area contributed by atoms with E-state index in [9.17, 15) is 9.59 Å². The number of rotatable bonds is 4. The van der Waals surface area contributed by atoms with Gasteiger partial charge >= 0.3 is 0 Å². The van der Waals surface area contributed by atoms with Crippen molar-refractivity contribution in [3.05, 3.63) is 35.9 Å². The molecule has 1 atom stereocenters. The molecule has 0 aromatic heterocycles. The lowest BCUT2D eigenvalue weighted by Gasteiger charge is -2.27. The molecule has 1 unspecified atom stereocenters. The summed E-state index contributed by atoms with van der Waals surface area (Å²) >= 11 is 0. The van der Waals surface area contributed by atoms with Crippen LogP contribution in [0.2, 0.25) is 0 Å². The minimum Gasteiger partial charge on any atom is -0.343 e. The van der Waals surface area contributed by atoms with E-state index in [2.05, 4.69) is 19.2 Å². The van der Waals surface area contributed by atoms with Crippen LogP contribution in [0, 0.1) is 5.92 Å². The number of carbonyl (C=O) groups is 2. The molecule has 2 rings (SSSR count). The second-order valence-corrected chi connectivity index (χ2v) is 5.59. The van der Waals surface area contributed by atoms with Gasteiger partial charge < -0.3 is 10.2 Å². The van der Waals surface area contributed by atoms with E-state index in [-0.39, 0.29) is 18.4 Å². The zero-order valence-corrected chi connectivity index (χ0v) is 12.1. The van der Waals surface area contributed by atoms with Crippen LogP contribution in [0.4, 0.5) is 0 Å². The number of hydrogen-bond acceptors (Lipinski definition) is 2. The van der Waals surface area contributed by atoms with Crippen LogP contribution >= 0.6 is 0 Å². The summed E-state index contributed by atoms with van der Waals surface area (Å²) in [5.74, 6) is 0.288. The lowest BCUT2D eigenvalue weighted by Crippen LogP contribution is -2.44. The van der Waals surface area contributed by atoms with Crippen molar-refractivity contribution in [3.8, 4) is 0 Å². The van der Waals surface area contributed by atoms with Gasteiger partial charge in [-0.2, -0.15) is 0 Å². The van der Waals surface area contributed by atoms with Crippen LogP contribution in [-0.2, 0) is 4.79 Å². The number of carbonyl (C=O) groups excluding carboxylic acids is 2. The fourth-order valence-corrected chi connectivity index (χ4v) is 2.74. The van der Waals surface area contributed by atoms with Crippen LogP contribution in [0.3, 0.4) is 0 Å². The van der Waals surface area contributed by atoms with Crippen LogP contribution < -0.4 is 5.32 Å². The molecule has 2 amide bonds. The molecule has 1 fully saturated rings. The van der Waals surface area contributed by atoms with Gasteiger partial charge in [0.2, 0.25) is 5.91 Å². The molecule has 20 heavy (non-hydrogen) atoms. The average Bonchev–Trinajstić information content (AvgIpc) is 2.95. The van der Waals surface area contributed by atoms with E-state index in [1.807, 2.05) is 23.1 Å². The summed E-state index contributed by atoms with van der Waals surface area (Å²) < 4.78 is 0. The molecule has 1 aliphatic heterocycles. The van der Waals surface area contributed by atoms with E-state index in [0.29, 0.717) is 17.5 Å². The van der Waals surface area contributed by atoms with Crippen molar-refractivity contribution in [2.45, 2.75) is 32.7 Å². The molecule has 1 saturated heterocycles. The second kappa shape index (κ2) is 6.55. The molecule has 1 N–H and O–H groups in total. The molecule has 4 heteroatoms. The summed E-state index contributed by atoms with van der Waals surface area (Å²) in [6.45, 7) is 5.16. The maximum absolute atomic E-state index is 12.2. The number of nitrogens with one attached hydrogen (secondary N) is 1. The van der Waals surface area contributed by atoms with E-state index in [1.54, 1.807) is 12.1 Å². The van der Waals surface area contributed by atoms with Crippen molar-refractivity contribution in [3.63, 3.8) is 0 Å². The van der Waals surface area contributed by atoms with E-state index < -0.39 is 0 Å². The van der Waals surface area contributed by atoms with Gasteiger partial charge in [0, 0.05) is 18.2 Å². The zero-order chi connectivity index (χ0) is 14.5. The van der Waals surface area contributed by atoms with E-state index in [1.165, 1.54) is 0 Å². The van der Waals surface area contributed by atoms with Gasteiger partial charge in [-0.25, -0.2) is 0 Å². The lowest BCUT2D eigenvalue weighted by molar-refractivity contribution is -0.131. The van der Waals surface area contributed by atoms with E-state index in [4.69, 9.17) is 0 Å². The highest BCUT2D eigenvalue weighted by atomic mass is 16.2. The first-order valence-corrected chi connectivity index (χ1v) is 7.22. The number of nitrogens with zero attached hydrogens (tertiary/aromatic N) is 1. The standard InChI is InChI=1S/C16H22N2O2/c1-12(2)14-9-6-10-18(14)15(19)11-17-16(20)13-7-4-3-5-8-13/h3-5,7-8,12,14H,6,9-11H2,1-2H3,(H,17,20). The summed E-state index contributed by atoms with van der Waals surface area (Å²) in [6.07, 6.45) is 2.12. The monoisotopic (exact) mass is 274 g/mol. The third kappa shape index (κ3) is 3.38. The lowest BCUT2D eigenvalue weighted by atomic mass is 10.0. The Morgan fingerprint density at radius 2 is 2.00 bits per heavy atom. The maximum atomic E-state index is 12.2. The third-order valence-electron chi connectivity index (χ3n) is 3.83. The van der Waals surface area contributed by atoms with Gasteiger partial charge in [-0.3, -0.25) is 9.59 Å². The van der Waals surface area contributed by atoms with Gasteiger partial charge in [0.1, 0.15) is 0 Å². The minimum atomic E-state index is -0.195. The Kier molecular flexibility index (Phi) is 4.77. The largest absolute Gasteiger partial charge is 0.343 e. The topological polar surface area (TPSA) is 49.4 Å². The van der Waals surface area contributed by atoms with Gasteiger partial charge in [0.15, 0.2) is 0 Å². The highest BCUT2D eigenvalue weighted by molar-refractivity contribution is 5.96. The Balaban J connectivity index is 1.88. The fourth-order valence-electron chi connectivity index (χ4n) is 2.74. The Morgan fingerprint density at radius 3 is 2.65 bits per heavy atom. The van der Waals surface area contributed by atoms with Gasteiger partial charge in [-0.05, 0) is 30.9 Å². The van der Waals surface area contributed by atoms with Crippen LogP contribution in [0.1, 0.15) is 37.0 Å². The van der Waals surface area contributed by atoms with E-state index in [0.717, 1.165) is 19.4 Å². The summed E-state index contributed by atoms with van der Waals surface area (Å²) in [7, 11) is 0. The second-order valence-electron chi connectivity index (χ2n) is 5.59. The van der Waals surface area contributed by atoms with Gasteiger partial charge in [0.05, 0.1) is 6.54 Å². The summed E-state index contributed by atoms with van der Waals surface area (Å²) in [5, 5.41) is 2.70. The van der Waals surface area contributed by atoms with Gasteiger partial charge in [0.25, 0.3) is 5.91 Å². The molecule has 1 aromatic rings. The molecule has 0 bridgehead atoms. The molecule has 108 valence electrons. The molecule has 0 aliphatic carbocycles. The molecule has 0 radical (unpaired) electrons. The van der Waals surface area contributed by atoms with Crippen molar-refractivity contribution in [1.29, 1.82) is 0 Å². The SMILES string of the molecule is CC(C)C1CCCN1C(=O)CNC(=O)c1ccccc1. The number of benzene rings is 1. The maximum Gasteiger partial charge on any atom is 0.251 e. The molecule has 4 nitrogen and oxygen atoms in total. The normalized spacial score (nSPS) is 18.4. The zero-order valence-electron chi connectivity index (χ0n) is 12.1. The molecule has 0 saturated carbocycles. The molecule has 1 aliphatic rings. The first kappa shape index (κ1) is 14.6. The highest BCUT2D eigenvalue weighted by Crippen LogP contribution is 2.23. The van der Waals surface area contributed by atoms with Gasteiger partial charge in [-0.15, -0.1) is 0 Å². The van der Waals surface area contributed by atoms with Crippen molar-refractivity contribution in [2.75, 3.05) is 13.1 Å². The number of amides is 2. The van der Waals surface area contributed by atoms with Crippen LogP contribution in [0.15, 0.2) is 30.3 Å². The Labute approximate surface area is 120 Å². The predicted molar refractivity (Wildman–Crippen MR) is 78.3 cm³/mol. The molecular weight excluding hydrogens is 252 g/mol. The van der Waals surface area contributed by atoms with Crippen molar-refractivity contribution >= 4 is 11.8 Å². The smallest absolute Gasteiger partial charge is 0.251 e. The first-order valence-electron chi connectivity index (χ1n) is 7.22. The van der Waals surface area contributed by atoms with Crippen LogP contribution in [0.25, 0.3) is 0 Å². The Bertz CT molecular complexity index is 471. The highest BCUT2D eigenvalue weighted by Gasteiger charge is 2.30. The van der Waals surface area contributed by atoms with Crippen molar-refractivity contribution in [1.82, 2.24) is 10.2 Å². The molecule has 0 spiro atoms. The van der Waals surface area contributed by atoms with E-state index >= 15 is 0 Å². The summed E-state index contributed by atoms with van der Waals surface area (Å²) in [4.78, 5) is 26.0. The quantitative estimate of drug-likeness (QED) is 0.913. The summed E-state index contributed by atoms with van der Waals surface area (Å²) in [5.41, 5.74) is 0.585. The number of likely N-dealkylation sites (tertiary alicyclic amines) is 1. The Hall–Kier alpha value is -1.84. The summed E-state index contributed by atoms with van der Waals surface area (Å²) in [6, 6.07) is 9.28. The Morgan fingerprint density at radius 1 is 1.30 bits per heavy atom. The van der Waals surface area contributed by atoms with Crippen molar-refractivity contribution < 1.29 is 9.59 Å². The first-order chi connectivity index (χ1) is 9.59. The van der Waals surface area contributed by atoms with Crippen LogP contribution in [-0.4, -0.2) is 35.8 Å². The van der Waals surface area contributed by atoms with Crippen LogP contribution in [0.5, 0.6) is 0 Å². The predicted octanol–water partition coefficient (Wildman–Crippen LogP) is 2.06. The average molecular weight is 274 g/mol. The molecule has 1 aromatic carbocycles. The molecule has 1 heterocycles. The third-order valence-corrected chi connectivity index (χ3v) is 3.83.